The molecule has 0 saturated heterocycles. The van der Waals surface area contributed by atoms with Crippen LogP contribution in [0.15, 0.2) is 77.7 Å². The van der Waals surface area contributed by atoms with Gasteiger partial charge < -0.3 is 19.7 Å². The molecule has 0 aliphatic carbocycles. The van der Waals surface area contributed by atoms with Gasteiger partial charge in [-0.1, -0.05) is 42.8 Å². The summed E-state index contributed by atoms with van der Waals surface area (Å²) in [5, 5.41) is 3.44. The number of nitrogens with one attached hydrogen (secondary N) is 1. The molecule has 0 aromatic heterocycles. The summed E-state index contributed by atoms with van der Waals surface area (Å²) in [5.74, 6) is -0.165. The Hall–Kier alpha value is -3.76. The molecule has 0 bridgehead atoms. The number of hydrogen-bond donors (Lipinski definition) is 1. The molecule has 0 spiro atoms. The molecule has 9 nitrogen and oxygen atoms in total. The third-order valence-electron chi connectivity index (χ3n) is 6.71. The van der Waals surface area contributed by atoms with Gasteiger partial charge in [0.25, 0.3) is 10.0 Å². The fourth-order valence-corrected chi connectivity index (χ4v) is 5.61. The molecule has 0 aliphatic heterocycles. The van der Waals surface area contributed by atoms with Gasteiger partial charge in [0.1, 0.15) is 24.1 Å². The van der Waals surface area contributed by atoms with E-state index in [4.69, 9.17) is 21.1 Å². The van der Waals surface area contributed by atoms with Gasteiger partial charge in [-0.2, -0.15) is 0 Å². The van der Waals surface area contributed by atoms with Crippen LogP contribution in [-0.4, -0.2) is 58.0 Å². The molecule has 0 heterocycles. The van der Waals surface area contributed by atoms with E-state index in [1.807, 2.05) is 13.8 Å². The second-order valence-electron chi connectivity index (χ2n) is 9.50. The number of para-hydroxylation sites is 2. The number of rotatable bonds is 13. The van der Waals surface area contributed by atoms with Crippen LogP contribution in [0.3, 0.4) is 0 Å². The molecule has 0 aliphatic rings. The first-order valence-corrected chi connectivity index (χ1v) is 15.0. The minimum atomic E-state index is -4.26. The average Bonchev–Trinajstić information content (AvgIpc) is 2.98. The van der Waals surface area contributed by atoms with Gasteiger partial charge in [0.05, 0.1) is 24.8 Å². The minimum absolute atomic E-state index is 0.0381. The summed E-state index contributed by atoms with van der Waals surface area (Å²) in [4.78, 5) is 28.5. The normalized spacial score (nSPS) is 12.6. The summed E-state index contributed by atoms with van der Waals surface area (Å²) in [7, 11) is -1.35. The first-order chi connectivity index (χ1) is 19.5. The van der Waals surface area contributed by atoms with Gasteiger partial charge in [-0.25, -0.2) is 8.42 Å². The Labute approximate surface area is 247 Å². The zero-order chi connectivity index (χ0) is 30.2. The van der Waals surface area contributed by atoms with E-state index in [9.17, 15) is 18.0 Å². The van der Waals surface area contributed by atoms with Crippen molar-refractivity contribution in [1.82, 2.24) is 10.2 Å². The zero-order valence-corrected chi connectivity index (χ0v) is 25.4. The van der Waals surface area contributed by atoms with Crippen LogP contribution in [-0.2, 0) is 26.2 Å². The van der Waals surface area contributed by atoms with E-state index in [1.165, 1.54) is 43.4 Å². The molecule has 0 unspecified atom stereocenters. The van der Waals surface area contributed by atoms with E-state index in [-0.39, 0.29) is 34.8 Å². The first kappa shape index (κ1) is 31.8. The minimum Gasteiger partial charge on any atom is -0.497 e. The highest BCUT2D eigenvalue weighted by molar-refractivity contribution is 7.92. The lowest BCUT2D eigenvalue weighted by atomic mass is 10.1. The third kappa shape index (κ3) is 7.92. The lowest BCUT2D eigenvalue weighted by molar-refractivity contribution is -0.139. The number of hydrogen-bond acceptors (Lipinski definition) is 6. The van der Waals surface area contributed by atoms with Crippen molar-refractivity contribution in [2.24, 2.45) is 0 Å². The quantitative estimate of drug-likeness (QED) is 0.299. The molecule has 0 saturated carbocycles. The van der Waals surface area contributed by atoms with E-state index in [0.29, 0.717) is 17.2 Å². The van der Waals surface area contributed by atoms with Crippen LogP contribution in [0.1, 0.15) is 32.8 Å². The van der Waals surface area contributed by atoms with E-state index in [1.54, 1.807) is 55.5 Å². The molecular formula is C30H36ClN3O6S. The summed E-state index contributed by atoms with van der Waals surface area (Å²) in [5.41, 5.74) is 0.912. The van der Waals surface area contributed by atoms with Gasteiger partial charge in [0.15, 0.2) is 0 Å². The number of benzene rings is 3. The largest absolute Gasteiger partial charge is 0.497 e. The molecule has 220 valence electrons. The second kappa shape index (κ2) is 14.2. The second-order valence-corrected chi connectivity index (χ2v) is 11.8. The number of halogens is 1. The number of anilines is 1. The summed E-state index contributed by atoms with van der Waals surface area (Å²) >= 11 is 6.05. The van der Waals surface area contributed by atoms with Gasteiger partial charge in [-0.05, 0) is 74.4 Å². The summed E-state index contributed by atoms with van der Waals surface area (Å²) < 4.78 is 39.6. The first-order valence-electron chi connectivity index (χ1n) is 13.2. The molecule has 3 aromatic rings. The molecule has 41 heavy (non-hydrogen) atoms. The van der Waals surface area contributed by atoms with Gasteiger partial charge >= 0.3 is 0 Å². The number of ether oxygens (including phenoxy) is 2. The highest BCUT2D eigenvalue weighted by Crippen LogP contribution is 2.33. The number of amides is 2. The Morgan fingerprint density at radius 1 is 0.927 bits per heavy atom. The van der Waals surface area contributed by atoms with Crippen LogP contribution >= 0.6 is 11.6 Å². The number of methoxy groups -OCH3 is 2. The highest BCUT2D eigenvalue weighted by Gasteiger charge is 2.34. The topological polar surface area (TPSA) is 105 Å². The Balaban J connectivity index is 2.06. The molecule has 1 N–H and O–H groups in total. The maximum atomic E-state index is 14.0. The van der Waals surface area contributed by atoms with Crippen molar-refractivity contribution in [2.45, 2.75) is 50.7 Å². The van der Waals surface area contributed by atoms with Gasteiger partial charge in [0, 0.05) is 17.6 Å². The SMILES string of the molecule is CC[C@@H](C)NC(=O)[C@@H](C)N(Cc1ccc(Cl)cc1)C(=O)CN(c1ccccc1OC)S(=O)(=O)c1ccc(OC)cc1. The van der Waals surface area contributed by atoms with Crippen molar-refractivity contribution in [3.05, 3.63) is 83.4 Å². The maximum absolute atomic E-state index is 14.0. The smallest absolute Gasteiger partial charge is 0.264 e. The van der Waals surface area contributed by atoms with Crippen molar-refractivity contribution < 1.29 is 27.5 Å². The van der Waals surface area contributed by atoms with E-state index >= 15 is 0 Å². The predicted octanol–water partition coefficient (Wildman–Crippen LogP) is 4.88. The third-order valence-corrected chi connectivity index (χ3v) is 8.74. The zero-order valence-electron chi connectivity index (χ0n) is 23.8. The standard InChI is InChI=1S/C30H36ClN3O6S/c1-6-21(2)32-30(36)22(3)33(19-23-11-13-24(31)14-12-23)29(35)20-34(27-9-7-8-10-28(27)40-5)41(37,38)26-17-15-25(39-4)16-18-26/h7-18,21-22H,6,19-20H2,1-5H3,(H,32,36)/t21-,22-/m1/s1. The van der Waals surface area contributed by atoms with Crippen molar-refractivity contribution in [2.75, 3.05) is 25.1 Å². The molecule has 2 amide bonds. The lowest BCUT2D eigenvalue weighted by Gasteiger charge is -2.32. The van der Waals surface area contributed by atoms with Crippen molar-refractivity contribution in [3.63, 3.8) is 0 Å². The van der Waals surface area contributed by atoms with Crippen molar-refractivity contribution in [3.8, 4) is 11.5 Å². The van der Waals surface area contributed by atoms with E-state index < -0.39 is 28.5 Å². The summed E-state index contributed by atoms with van der Waals surface area (Å²) in [6, 6.07) is 18.3. The van der Waals surface area contributed by atoms with Crippen LogP contribution in [0.25, 0.3) is 0 Å². The molecule has 3 aromatic carbocycles. The fourth-order valence-electron chi connectivity index (χ4n) is 4.06. The van der Waals surface area contributed by atoms with Crippen LogP contribution in [0.4, 0.5) is 5.69 Å². The monoisotopic (exact) mass is 601 g/mol. The predicted molar refractivity (Wildman–Crippen MR) is 160 cm³/mol. The summed E-state index contributed by atoms with van der Waals surface area (Å²) in [6.07, 6.45) is 0.714. The van der Waals surface area contributed by atoms with Crippen LogP contribution in [0.2, 0.25) is 5.02 Å². The summed E-state index contributed by atoms with van der Waals surface area (Å²) in [6.45, 7) is 4.93. The molecule has 3 rings (SSSR count). The van der Waals surface area contributed by atoms with Gasteiger partial charge in [-0.15, -0.1) is 0 Å². The van der Waals surface area contributed by atoms with Crippen LogP contribution in [0.5, 0.6) is 11.5 Å². The fraction of sp³-hybridized carbons (Fsp3) is 0.333. The maximum Gasteiger partial charge on any atom is 0.264 e. The molecule has 2 atom stereocenters. The van der Waals surface area contributed by atoms with Crippen LogP contribution < -0.4 is 19.1 Å². The van der Waals surface area contributed by atoms with Gasteiger partial charge in [-0.3, -0.25) is 13.9 Å². The van der Waals surface area contributed by atoms with E-state index in [2.05, 4.69) is 5.32 Å². The Kier molecular flexibility index (Phi) is 11.0. The number of carbonyl (C=O) groups excluding carboxylic acids is 2. The Morgan fingerprint density at radius 2 is 1.56 bits per heavy atom. The number of sulfonamides is 1. The van der Waals surface area contributed by atoms with E-state index in [0.717, 1.165) is 9.87 Å². The van der Waals surface area contributed by atoms with Crippen molar-refractivity contribution in [1.29, 1.82) is 0 Å². The molecular weight excluding hydrogens is 566 g/mol. The number of nitrogens with zero attached hydrogens (tertiary/aromatic N) is 2. The molecule has 0 fully saturated rings. The van der Waals surface area contributed by atoms with Crippen molar-refractivity contribution >= 4 is 39.1 Å². The number of carbonyl (C=O) groups is 2. The molecule has 11 heteroatoms. The Bertz CT molecular complexity index is 1430. The van der Waals surface area contributed by atoms with Crippen LogP contribution in [0, 0.1) is 0 Å². The lowest BCUT2D eigenvalue weighted by Crippen LogP contribution is -2.52. The van der Waals surface area contributed by atoms with Gasteiger partial charge in [0.2, 0.25) is 11.8 Å². The Morgan fingerprint density at radius 3 is 2.15 bits per heavy atom. The molecule has 0 radical (unpaired) electrons. The highest BCUT2D eigenvalue weighted by atomic mass is 35.5. The average molecular weight is 602 g/mol.